The quantitative estimate of drug-likeness (QED) is 0.532. The number of nitrogens with zero attached hydrogens (tertiary/aromatic N) is 1. The van der Waals surface area contributed by atoms with E-state index in [2.05, 4.69) is 15.9 Å². The van der Waals surface area contributed by atoms with Crippen molar-refractivity contribution in [2.24, 2.45) is 0 Å². The molecule has 1 heterocycles. The summed E-state index contributed by atoms with van der Waals surface area (Å²) in [5, 5.41) is 0.131. The first kappa shape index (κ1) is 18.9. The molecule has 0 bridgehead atoms. The molecular formula is C16H14BrClF3NO2. The predicted octanol–water partition coefficient (Wildman–Crippen LogP) is 6.37. The highest BCUT2D eigenvalue weighted by atomic mass is 79.9. The van der Waals surface area contributed by atoms with E-state index in [4.69, 9.17) is 16.3 Å². The zero-order valence-electron chi connectivity index (χ0n) is 13.0. The number of carbonyl (C=O) groups is 1. The minimum Gasteiger partial charge on any atom is -0.443 e. The summed E-state index contributed by atoms with van der Waals surface area (Å²) in [7, 11) is 0. The van der Waals surface area contributed by atoms with Gasteiger partial charge in [0.1, 0.15) is 5.60 Å². The average molecular weight is 425 g/mol. The molecule has 0 atom stereocenters. The van der Waals surface area contributed by atoms with Gasteiger partial charge in [0, 0.05) is 21.3 Å². The number of hydrogen-bond donors (Lipinski definition) is 0. The molecule has 130 valence electrons. The fraction of sp³-hybridized carbons (Fsp3) is 0.312. The van der Waals surface area contributed by atoms with Gasteiger partial charge in [-0.1, -0.05) is 11.6 Å². The van der Waals surface area contributed by atoms with Gasteiger partial charge in [-0.2, -0.15) is 13.2 Å². The maximum absolute atomic E-state index is 13.3. The van der Waals surface area contributed by atoms with Crippen molar-refractivity contribution < 1.29 is 22.7 Å². The second kappa shape index (κ2) is 6.44. The molecule has 0 spiro atoms. The van der Waals surface area contributed by atoms with Crippen LogP contribution in [0.15, 0.2) is 34.9 Å². The summed E-state index contributed by atoms with van der Waals surface area (Å²) in [5.41, 5.74) is -1.84. The monoisotopic (exact) mass is 423 g/mol. The van der Waals surface area contributed by atoms with Crippen LogP contribution < -0.4 is 0 Å². The van der Waals surface area contributed by atoms with Crippen molar-refractivity contribution in [1.82, 2.24) is 4.57 Å². The Morgan fingerprint density at radius 2 is 1.83 bits per heavy atom. The van der Waals surface area contributed by atoms with Crippen LogP contribution >= 0.6 is 27.5 Å². The minimum atomic E-state index is -4.59. The molecule has 24 heavy (non-hydrogen) atoms. The Morgan fingerprint density at radius 3 is 2.38 bits per heavy atom. The van der Waals surface area contributed by atoms with E-state index in [0.29, 0.717) is 4.47 Å². The summed E-state index contributed by atoms with van der Waals surface area (Å²) in [6.45, 7) is 5.01. The standard InChI is InChI=1S/C16H14BrClF3NO2/c1-15(2,3)24-14(23)22-8-9(17)6-13(22)11-7-10(18)4-5-12(11)16(19,20)21/h4-8H,1-3H3. The highest BCUT2D eigenvalue weighted by Gasteiger charge is 2.35. The van der Waals surface area contributed by atoms with Gasteiger partial charge >= 0.3 is 12.3 Å². The summed E-state index contributed by atoms with van der Waals surface area (Å²) in [4.78, 5) is 12.3. The van der Waals surface area contributed by atoms with Crippen LogP contribution in [0.2, 0.25) is 5.02 Å². The Balaban J connectivity index is 2.63. The maximum atomic E-state index is 13.3. The highest BCUT2D eigenvalue weighted by molar-refractivity contribution is 9.10. The Hall–Kier alpha value is -1.47. The van der Waals surface area contributed by atoms with Gasteiger partial charge in [0.15, 0.2) is 0 Å². The van der Waals surface area contributed by atoms with Crippen molar-refractivity contribution in [1.29, 1.82) is 0 Å². The third-order valence-electron chi connectivity index (χ3n) is 2.94. The number of hydrogen-bond acceptors (Lipinski definition) is 2. The minimum absolute atomic E-state index is 0.0333. The van der Waals surface area contributed by atoms with Crippen molar-refractivity contribution in [3.8, 4) is 11.3 Å². The number of alkyl halides is 3. The number of carbonyl (C=O) groups excluding carboxylic acids is 1. The largest absolute Gasteiger partial charge is 0.443 e. The van der Waals surface area contributed by atoms with E-state index in [-0.39, 0.29) is 16.3 Å². The molecular weight excluding hydrogens is 411 g/mol. The summed E-state index contributed by atoms with van der Waals surface area (Å²) < 4.78 is 46.6. The van der Waals surface area contributed by atoms with Gasteiger partial charge < -0.3 is 4.74 Å². The van der Waals surface area contributed by atoms with Gasteiger partial charge in [-0.05, 0) is 61.0 Å². The van der Waals surface area contributed by atoms with Gasteiger partial charge in [0.2, 0.25) is 0 Å². The van der Waals surface area contributed by atoms with Gasteiger partial charge in [0.25, 0.3) is 0 Å². The number of rotatable bonds is 1. The Bertz CT molecular complexity index is 779. The predicted molar refractivity (Wildman–Crippen MR) is 89.2 cm³/mol. The molecule has 0 N–H and O–H groups in total. The van der Waals surface area contributed by atoms with Gasteiger partial charge in [-0.15, -0.1) is 0 Å². The fourth-order valence-corrected chi connectivity index (χ4v) is 2.67. The van der Waals surface area contributed by atoms with Crippen LogP contribution in [0.25, 0.3) is 11.3 Å². The van der Waals surface area contributed by atoms with Crippen molar-refractivity contribution >= 4 is 33.6 Å². The molecule has 2 rings (SSSR count). The van der Waals surface area contributed by atoms with Crippen LogP contribution in [-0.2, 0) is 10.9 Å². The molecule has 3 nitrogen and oxygen atoms in total. The molecule has 0 radical (unpaired) electrons. The molecule has 0 saturated carbocycles. The SMILES string of the molecule is CC(C)(C)OC(=O)n1cc(Br)cc1-c1cc(Cl)ccc1C(F)(F)F. The van der Waals surface area contributed by atoms with E-state index in [1.807, 2.05) is 0 Å². The Morgan fingerprint density at radius 1 is 1.21 bits per heavy atom. The lowest BCUT2D eigenvalue weighted by Crippen LogP contribution is -2.27. The van der Waals surface area contributed by atoms with Crippen LogP contribution in [0.3, 0.4) is 0 Å². The second-order valence-electron chi connectivity index (χ2n) is 6.08. The number of halogens is 5. The lowest BCUT2D eigenvalue weighted by atomic mass is 10.0. The van der Waals surface area contributed by atoms with Crippen molar-refractivity contribution in [2.75, 3.05) is 0 Å². The van der Waals surface area contributed by atoms with E-state index in [1.165, 1.54) is 18.3 Å². The smallest absolute Gasteiger partial charge is 0.419 e. The first-order chi connectivity index (χ1) is 10.9. The van der Waals surface area contributed by atoms with Crippen LogP contribution in [-0.4, -0.2) is 16.3 Å². The molecule has 0 fully saturated rings. The topological polar surface area (TPSA) is 31.2 Å². The highest BCUT2D eigenvalue weighted by Crippen LogP contribution is 2.39. The Kier molecular flexibility index (Phi) is 5.06. The summed E-state index contributed by atoms with van der Waals surface area (Å²) in [5.74, 6) is 0. The maximum Gasteiger partial charge on any atom is 0.419 e. The van der Waals surface area contributed by atoms with Gasteiger partial charge in [-0.25, -0.2) is 4.79 Å². The zero-order valence-corrected chi connectivity index (χ0v) is 15.4. The molecule has 0 saturated heterocycles. The Labute approximate surface area is 150 Å². The van der Waals surface area contributed by atoms with E-state index in [0.717, 1.165) is 16.7 Å². The van der Waals surface area contributed by atoms with Crippen LogP contribution in [0, 0.1) is 0 Å². The second-order valence-corrected chi connectivity index (χ2v) is 7.43. The van der Waals surface area contributed by atoms with Gasteiger partial charge in [0.05, 0.1) is 11.3 Å². The zero-order chi connectivity index (χ0) is 18.3. The number of ether oxygens (including phenoxy) is 1. The van der Waals surface area contributed by atoms with Gasteiger partial charge in [-0.3, -0.25) is 4.57 Å². The summed E-state index contributed by atoms with van der Waals surface area (Å²) >= 11 is 9.04. The van der Waals surface area contributed by atoms with E-state index < -0.39 is 23.4 Å². The molecule has 0 aliphatic carbocycles. The van der Waals surface area contributed by atoms with Crippen molar-refractivity contribution in [3.05, 3.63) is 45.5 Å². The summed E-state index contributed by atoms with van der Waals surface area (Å²) in [6, 6.07) is 4.62. The molecule has 1 aromatic heterocycles. The lowest BCUT2D eigenvalue weighted by Gasteiger charge is -2.21. The first-order valence-electron chi connectivity index (χ1n) is 6.87. The molecule has 0 aliphatic heterocycles. The lowest BCUT2D eigenvalue weighted by molar-refractivity contribution is -0.137. The fourth-order valence-electron chi connectivity index (χ4n) is 2.08. The average Bonchev–Trinajstić information content (AvgIpc) is 2.77. The van der Waals surface area contributed by atoms with Crippen molar-refractivity contribution in [3.63, 3.8) is 0 Å². The summed E-state index contributed by atoms with van der Waals surface area (Å²) in [6.07, 6.45) is -4.02. The first-order valence-corrected chi connectivity index (χ1v) is 8.04. The third-order valence-corrected chi connectivity index (χ3v) is 3.61. The van der Waals surface area contributed by atoms with Crippen LogP contribution in [0.1, 0.15) is 26.3 Å². The molecule has 1 aromatic carbocycles. The van der Waals surface area contributed by atoms with Crippen LogP contribution in [0.4, 0.5) is 18.0 Å². The number of benzene rings is 1. The normalized spacial score (nSPS) is 12.3. The van der Waals surface area contributed by atoms with E-state index in [1.54, 1.807) is 20.8 Å². The molecule has 2 aromatic rings. The molecule has 0 unspecified atom stereocenters. The molecule has 8 heteroatoms. The molecule has 0 aliphatic rings. The van der Waals surface area contributed by atoms with Crippen LogP contribution in [0.5, 0.6) is 0 Å². The van der Waals surface area contributed by atoms with Crippen molar-refractivity contribution in [2.45, 2.75) is 32.5 Å². The number of aromatic nitrogens is 1. The van der Waals surface area contributed by atoms with E-state index >= 15 is 0 Å². The third kappa shape index (κ3) is 4.33. The van der Waals surface area contributed by atoms with E-state index in [9.17, 15) is 18.0 Å². The molecule has 0 amide bonds.